The van der Waals surface area contributed by atoms with Crippen LogP contribution in [0.15, 0.2) is 64.2 Å². The lowest BCUT2D eigenvalue weighted by atomic mass is 10.1. The number of nitrogens with zero attached hydrogens (tertiary/aromatic N) is 2. The van der Waals surface area contributed by atoms with Gasteiger partial charge in [0.05, 0.1) is 23.1 Å². The first-order valence-corrected chi connectivity index (χ1v) is 8.91. The maximum atomic E-state index is 13.0. The molecule has 7 heteroatoms. The molecule has 0 saturated heterocycles. The summed E-state index contributed by atoms with van der Waals surface area (Å²) in [6.45, 7) is 2.33. The molecule has 0 amide bonds. The van der Waals surface area contributed by atoms with Crippen LogP contribution in [0, 0.1) is 6.92 Å². The molecule has 1 aliphatic heterocycles. The smallest absolute Gasteiger partial charge is 0.280 e. The molecule has 0 unspecified atom stereocenters. The molecule has 140 valence electrons. The molecule has 3 heterocycles. The number of benzene rings is 2. The van der Waals surface area contributed by atoms with Gasteiger partial charge in [-0.25, -0.2) is 4.68 Å². The molecule has 0 fully saturated rings. The van der Waals surface area contributed by atoms with E-state index in [4.69, 9.17) is 9.47 Å². The van der Waals surface area contributed by atoms with E-state index >= 15 is 0 Å². The number of ether oxygens (including phenoxy) is 2. The Kier molecular flexibility index (Phi) is 3.61. The van der Waals surface area contributed by atoms with Crippen LogP contribution < -0.4 is 20.6 Å². The van der Waals surface area contributed by atoms with Crippen LogP contribution >= 0.6 is 0 Å². The first-order valence-electron chi connectivity index (χ1n) is 8.91. The number of aromatic amines is 1. The Morgan fingerprint density at radius 3 is 2.61 bits per heavy atom. The summed E-state index contributed by atoms with van der Waals surface area (Å²) in [5.74, 6) is 1.36. The van der Waals surface area contributed by atoms with Gasteiger partial charge in [-0.05, 0) is 36.8 Å². The van der Waals surface area contributed by atoms with Crippen molar-refractivity contribution in [3.05, 3.63) is 86.6 Å². The maximum absolute atomic E-state index is 13.0. The highest BCUT2D eigenvalue weighted by atomic mass is 16.7. The highest BCUT2D eigenvalue weighted by molar-refractivity contribution is 5.80. The van der Waals surface area contributed by atoms with E-state index in [1.807, 2.05) is 48.5 Å². The van der Waals surface area contributed by atoms with E-state index in [9.17, 15) is 9.59 Å². The summed E-state index contributed by atoms with van der Waals surface area (Å²) in [6, 6.07) is 16.3. The molecule has 5 rings (SSSR count). The van der Waals surface area contributed by atoms with Gasteiger partial charge in [-0.3, -0.25) is 14.7 Å². The number of aryl methyl sites for hydroxylation is 1. The van der Waals surface area contributed by atoms with Crippen molar-refractivity contribution in [1.82, 2.24) is 14.3 Å². The quantitative estimate of drug-likeness (QED) is 0.597. The van der Waals surface area contributed by atoms with Crippen molar-refractivity contribution < 1.29 is 9.47 Å². The summed E-state index contributed by atoms with van der Waals surface area (Å²) in [6.07, 6.45) is 0. The Morgan fingerprint density at radius 2 is 1.79 bits per heavy atom. The summed E-state index contributed by atoms with van der Waals surface area (Å²) < 4.78 is 13.8. The number of hydrogen-bond acceptors (Lipinski definition) is 4. The molecule has 0 aliphatic carbocycles. The lowest BCUT2D eigenvalue weighted by Crippen LogP contribution is -2.23. The van der Waals surface area contributed by atoms with Crippen molar-refractivity contribution in [1.29, 1.82) is 0 Å². The van der Waals surface area contributed by atoms with Crippen molar-refractivity contribution in [2.75, 3.05) is 6.79 Å². The number of H-pyrrole nitrogens is 1. The fourth-order valence-corrected chi connectivity index (χ4v) is 3.59. The van der Waals surface area contributed by atoms with Crippen LogP contribution in [0.5, 0.6) is 11.5 Å². The van der Waals surface area contributed by atoms with E-state index in [0.717, 1.165) is 11.3 Å². The SMILES string of the molecule is Cc1c2c(=O)n(-c3ccccc3)[nH]c2cc(=O)n1Cc1ccc2c(c1)OCO2. The Morgan fingerprint density at radius 1 is 1.00 bits per heavy atom. The minimum Gasteiger partial charge on any atom is -0.454 e. The number of fused-ring (bicyclic) bond motifs is 2. The zero-order valence-electron chi connectivity index (χ0n) is 15.1. The number of aromatic nitrogens is 3. The van der Waals surface area contributed by atoms with Crippen LogP contribution in [0.2, 0.25) is 0 Å². The van der Waals surface area contributed by atoms with Gasteiger partial charge in [0.1, 0.15) is 0 Å². The van der Waals surface area contributed by atoms with Gasteiger partial charge in [0.2, 0.25) is 6.79 Å². The van der Waals surface area contributed by atoms with Crippen LogP contribution in [-0.4, -0.2) is 21.1 Å². The van der Waals surface area contributed by atoms with Gasteiger partial charge < -0.3 is 14.0 Å². The second kappa shape index (κ2) is 6.16. The van der Waals surface area contributed by atoms with Crippen molar-refractivity contribution >= 4 is 10.9 Å². The largest absolute Gasteiger partial charge is 0.454 e. The first kappa shape index (κ1) is 16.4. The Balaban J connectivity index is 1.63. The Labute approximate surface area is 159 Å². The van der Waals surface area contributed by atoms with E-state index in [1.54, 1.807) is 11.5 Å². The van der Waals surface area contributed by atoms with Crippen LogP contribution in [0.3, 0.4) is 0 Å². The van der Waals surface area contributed by atoms with Crippen molar-refractivity contribution in [2.24, 2.45) is 0 Å². The minimum atomic E-state index is -0.182. The predicted octanol–water partition coefficient (Wildman–Crippen LogP) is 2.57. The molecular formula is C21H17N3O4. The summed E-state index contributed by atoms with van der Waals surface area (Å²) in [4.78, 5) is 25.7. The second-order valence-corrected chi connectivity index (χ2v) is 6.72. The molecule has 0 bridgehead atoms. The van der Waals surface area contributed by atoms with Gasteiger partial charge >= 0.3 is 0 Å². The molecular weight excluding hydrogens is 358 g/mol. The van der Waals surface area contributed by atoms with Gasteiger partial charge in [0, 0.05) is 11.8 Å². The number of rotatable bonds is 3. The highest BCUT2D eigenvalue weighted by Crippen LogP contribution is 2.32. The Bertz CT molecular complexity index is 1320. The topological polar surface area (TPSA) is 78.2 Å². The second-order valence-electron chi connectivity index (χ2n) is 6.72. The molecule has 2 aromatic heterocycles. The number of nitrogens with one attached hydrogen (secondary N) is 1. The number of pyridine rings is 1. The molecule has 7 nitrogen and oxygen atoms in total. The third-order valence-corrected chi connectivity index (χ3v) is 5.01. The van der Waals surface area contributed by atoms with Crippen molar-refractivity contribution in [2.45, 2.75) is 13.5 Å². The monoisotopic (exact) mass is 375 g/mol. The zero-order valence-corrected chi connectivity index (χ0v) is 15.1. The first-order chi connectivity index (χ1) is 13.6. The lowest BCUT2D eigenvalue weighted by molar-refractivity contribution is 0.174. The molecule has 0 radical (unpaired) electrons. The van der Waals surface area contributed by atoms with E-state index in [2.05, 4.69) is 5.10 Å². The molecule has 0 spiro atoms. The van der Waals surface area contributed by atoms with Crippen LogP contribution in [0.1, 0.15) is 11.3 Å². The van der Waals surface area contributed by atoms with Crippen LogP contribution in [0.4, 0.5) is 0 Å². The standard InChI is InChI=1S/C21H17N3O4/c1-13-20-16(22-24(21(20)26)15-5-3-2-4-6-15)10-19(25)23(13)11-14-7-8-17-18(9-14)28-12-27-17/h2-10,22H,11-12H2,1H3. The van der Waals surface area contributed by atoms with Crippen LogP contribution in [-0.2, 0) is 6.54 Å². The molecule has 28 heavy (non-hydrogen) atoms. The molecule has 0 atom stereocenters. The fourth-order valence-electron chi connectivity index (χ4n) is 3.59. The number of para-hydroxylation sites is 1. The predicted molar refractivity (Wildman–Crippen MR) is 105 cm³/mol. The van der Waals surface area contributed by atoms with E-state index in [1.165, 1.54) is 10.7 Å². The molecule has 1 N–H and O–H groups in total. The normalized spacial score (nSPS) is 12.6. The lowest BCUT2D eigenvalue weighted by Gasteiger charge is -2.10. The van der Waals surface area contributed by atoms with Crippen molar-refractivity contribution in [3.63, 3.8) is 0 Å². The minimum absolute atomic E-state index is 0.177. The van der Waals surface area contributed by atoms with E-state index in [0.29, 0.717) is 34.6 Å². The van der Waals surface area contributed by atoms with Gasteiger partial charge in [-0.2, -0.15) is 0 Å². The summed E-state index contributed by atoms with van der Waals surface area (Å²) in [5, 5.41) is 3.55. The average molecular weight is 375 g/mol. The van der Waals surface area contributed by atoms with E-state index < -0.39 is 0 Å². The van der Waals surface area contributed by atoms with Gasteiger partial charge in [0.15, 0.2) is 11.5 Å². The Hall–Kier alpha value is -3.74. The highest BCUT2D eigenvalue weighted by Gasteiger charge is 2.17. The fraction of sp³-hybridized carbons (Fsp3) is 0.143. The van der Waals surface area contributed by atoms with Crippen molar-refractivity contribution in [3.8, 4) is 17.2 Å². The summed E-state index contributed by atoms with van der Waals surface area (Å²) in [5.41, 5.74) is 2.40. The third kappa shape index (κ3) is 2.51. The molecule has 0 saturated carbocycles. The number of hydrogen-bond donors (Lipinski definition) is 1. The zero-order chi connectivity index (χ0) is 19.3. The summed E-state index contributed by atoms with van der Waals surface area (Å²) >= 11 is 0. The van der Waals surface area contributed by atoms with Gasteiger partial charge in [-0.15, -0.1) is 0 Å². The third-order valence-electron chi connectivity index (χ3n) is 5.01. The van der Waals surface area contributed by atoms with Gasteiger partial charge in [0.25, 0.3) is 11.1 Å². The van der Waals surface area contributed by atoms with Gasteiger partial charge in [-0.1, -0.05) is 24.3 Å². The molecule has 4 aromatic rings. The summed E-state index contributed by atoms with van der Waals surface area (Å²) in [7, 11) is 0. The van der Waals surface area contributed by atoms with E-state index in [-0.39, 0.29) is 17.9 Å². The van der Waals surface area contributed by atoms with Crippen LogP contribution in [0.25, 0.3) is 16.6 Å². The maximum Gasteiger partial charge on any atom is 0.280 e. The average Bonchev–Trinajstić information content (AvgIpc) is 3.29. The molecule has 1 aliphatic rings. The molecule has 2 aromatic carbocycles.